The molecule has 136 valence electrons. The van der Waals surface area contributed by atoms with E-state index in [1.807, 2.05) is 6.07 Å². The first-order chi connectivity index (χ1) is 12.2. The summed E-state index contributed by atoms with van der Waals surface area (Å²) < 4.78 is 7.70. The summed E-state index contributed by atoms with van der Waals surface area (Å²) in [5, 5.41) is 7.49. The maximum Gasteiger partial charge on any atom is 0.261 e. The zero-order valence-electron chi connectivity index (χ0n) is 15.3. The summed E-state index contributed by atoms with van der Waals surface area (Å²) in [6.07, 6.45) is 3.26. The zero-order chi connectivity index (χ0) is 19.1. The Morgan fingerprint density at radius 3 is 2.38 bits per heavy atom. The van der Waals surface area contributed by atoms with E-state index in [2.05, 4.69) is 57.1 Å². The van der Waals surface area contributed by atoms with Gasteiger partial charge in [-0.1, -0.05) is 20.8 Å². The van der Waals surface area contributed by atoms with Crippen LogP contribution in [0.25, 0.3) is 5.95 Å². The van der Waals surface area contributed by atoms with E-state index in [4.69, 9.17) is 4.42 Å². The number of carbonyl (C=O) groups excluding carboxylic acids is 1. The van der Waals surface area contributed by atoms with Crippen LogP contribution in [0.3, 0.4) is 0 Å². The number of aromatic nitrogens is 4. The summed E-state index contributed by atoms with van der Waals surface area (Å²) in [5.41, 5.74) is 1.09. The molecule has 0 saturated carbocycles. The van der Waals surface area contributed by atoms with Crippen LogP contribution in [0.4, 0.5) is 5.82 Å². The smallest absolute Gasteiger partial charge is 0.261 e. The highest BCUT2D eigenvalue weighted by molar-refractivity contribution is 9.10. The molecule has 0 unspecified atom stereocenters. The molecule has 0 atom stereocenters. The predicted octanol–water partition coefficient (Wildman–Crippen LogP) is 4.18. The van der Waals surface area contributed by atoms with Crippen molar-refractivity contribution in [3.8, 4) is 5.95 Å². The topological polar surface area (TPSA) is 85.8 Å². The minimum Gasteiger partial charge on any atom is -0.465 e. The molecule has 1 amide bonds. The molecule has 26 heavy (non-hydrogen) atoms. The highest BCUT2D eigenvalue weighted by Crippen LogP contribution is 2.29. The molecule has 0 aliphatic carbocycles. The van der Waals surface area contributed by atoms with Crippen LogP contribution in [0, 0.1) is 13.8 Å². The molecule has 3 rings (SSSR count). The number of nitrogens with one attached hydrogen (secondary N) is 1. The van der Waals surface area contributed by atoms with Crippen molar-refractivity contribution in [2.45, 2.75) is 40.0 Å². The number of aryl methyl sites for hydroxylation is 2. The number of rotatable bonds is 3. The average molecular weight is 418 g/mol. The molecule has 1 N–H and O–H groups in total. The molecule has 3 aromatic heterocycles. The van der Waals surface area contributed by atoms with Crippen molar-refractivity contribution in [3.05, 3.63) is 51.8 Å². The van der Waals surface area contributed by atoms with Crippen molar-refractivity contribution in [1.82, 2.24) is 19.7 Å². The maximum atomic E-state index is 12.8. The molecular weight excluding hydrogens is 398 g/mol. The van der Waals surface area contributed by atoms with Crippen LogP contribution < -0.4 is 5.32 Å². The quantitative estimate of drug-likeness (QED) is 0.690. The van der Waals surface area contributed by atoms with Crippen LogP contribution in [0.2, 0.25) is 0 Å². The van der Waals surface area contributed by atoms with Gasteiger partial charge in [-0.15, -0.1) is 0 Å². The Hall–Kier alpha value is -2.48. The number of halogens is 1. The van der Waals surface area contributed by atoms with Gasteiger partial charge in [-0.3, -0.25) is 4.79 Å². The van der Waals surface area contributed by atoms with Crippen LogP contribution in [-0.4, -0.2) is 25.7 Å². The minimum absolute atomic E-state index is 0.192. The van der Waals surface area contributed by atoms with Crippen LogP contribution in [0.5, 0.6) is 0 Å². The normalized spacial score (nSPS) is 11.6. The van der Waals surface area contributed by atoms with Gasteiger partial charge in [0, 0.05) is 23.9 Å². The number of carbonyl (C=O) groups is 1. The molecule has 0 aromatic carbocycles. The molecule has 0 aliphatic heterocycles. The molecule has 0 aliphatic rings. The first-order valence-corrected chi connectivity index (χ1v) is 8.92. The fourth-order valence-corrected chi connectivity index (χ4v) is 3.02. The highest BCUT2D eigenvalue weighted by Gasteiger charge is 2.25. The van der Waals surface area contributed by atoms with Crippen molar-refractivity contribution in [1.29, 1.82) is 0 Å². The molecule has 3 heterocycles. The SMILES string of the molecule is Cc1oc(C)c(C(=O)Nc2cc(C(C)(C)C)nn2-c2ncccn2)c1Br. The molecule has 0 fully saturated rings. The third-order valence-corrected chi connectivity index (χ3v) is 4.83. The van der Waals surface area contributed by atoms with Crippen molar-refractivity contribution >= 4 is 27.7 Å². The van der Waals surface area contributed by atoms with Gasteiger partial charge in [-0.05, 0) is 35.8 Å². The Morgan fingerprint density at radius 2 is 1.85 bits per heavy atom. The standard InChI is InChI=1S/C18H20BrN5O2/c1-10-14(15(19)11(2)26-10)16(25)22-13-9-12(18(3,4)5)23-24(13)17-20-7-6-8-21-17/h6-9H,1-5H3,(H,22,25). The molecular formula is C18H20BrN5O2. The molecule has 3 aromatic rings. The van der Waals surface area contributed by atoms with E-state index in [1.165, 1.54) is 4.68 Å². The number of nitrogens with zero attached hydrogens (tertiary/aromatic N) is 4. The third-order valence-electron chi connectivity index (χ3n) is 3.87. The van der Waals surface area contributed by atoms with Crippen LogP contribution in [0.1, 0.15) is 48.3 Å². The summed E-state index contributed by atoms with van der Waals surface area (Å²) in [5.74, 6) is 1.80. The van der Waals surface area contributed by atoms with Gasteiger partial charge in [0.05, 0.1) is 15.7 Å². The van der Waals surface area contributed by atoms with E-state index >= 15 is 0 Å². The monoisotopic (exact) mass is 417 g/mol. The second kappa shape index (κ2) is 6.68. The van der Waals surface area contributed by atoms with Crippen LogP contribution in [-0.2, 0) is 5.41 Å². The lowest BCUT2D eigenvalue weighted by atomic mass is 9.92. The Labute approximate surface area is 160 Å². The van der Waals surface area contributed by atoms with Crippen molar-refractivity contribution < 1.29 is 9.21 Å². The molecule has 0 radical (unpaired) electrons. The van der Waals surface area contributed by atoms with Gasteiger partial charge in [0.1, 0.15) is 17.3 Å². The first kappa shape index (κ1) is 18.3. The van der Waals surface area contributed by atoms with E-state index in [0.717, 1.165) is 5.69 Å². The largest absolute Gasteiger partial charge is 0.465 e. The second-order valence-corrected chi connectivity index (χ2v) is 7.78. The van der Waals surface area contributed by atoms with E-state index in [0.29, 0.717) is 33.3 Å². The summed E-state index contributed by atoms with van der Waals surface area (Å²) in [6, 6.07) is 3.56. The predicted molar refractivity (Wildman–Crippen MR) is 102 cm³/mol. The zero-order valence-corrected chi connectivity index (χ0v) is 16.9. The fourth-order valence-electron chi connectivity index (χ4n) is 2.48. The van der Waals surface area contributed by atoms with Crippen molar-refractivity contribution in [2.75, 3.05) is 5.32 Å². The third kappa shape index (κ3) is 3.41. The summed E-state index contributed by atoms with van der Waals surface area (Å²) in [7, 11) is 0. The average Bonchev–Trinajstić information content (AvgIpc) is 3.09. The lowest BCUT2D eigenvalue weighted by molar-refractivity contribution is 0.102. The molecule has 0 saturated heterocycles. The molecule has 7 nitrogen and oxygen atoms in total. The van der Waals surface area contributed by atoms with Crippen LogP contribution >= 0.6 is 15.9 Å². The van der Waals surface area contributed by atoms with E-state index in [1.54, 1.807) is 32.3 Å². The van der Waals surface area contributed by atoms with Gasteiger partial charge < -0.3 is 9.73 Å². The number of amides is 1. The Morgan fingerprint density at radius 1 is 1.19 bits per heavy atom. The number of anilines is 1. The molecule has 8 heteroatoms. The number of furan rings is 1. The number of hydrogen-bond acceptors (Lipinski definition) is 5. The van der Waals surface area contributed by atoms with Gasteiger partial charge >= 0.3 is 0 Å². The van der Waals surface area contributed by atoms with Gasteiger partial charge in [0.25, 0.3) is 11.9 Å². The summed E-state index contributed by atoms with van der Waals surface area (Å²) in [6.45, 7) is 9.71. The van der Waals surface area contributed by atoms with E-state index in [9.17, 15) is 4.79 Å². The first-order valence-electron chi connectivity index (χ1n) is 8.13. The van der Waals surface area contributed by atoms with Gasteiger partial charge in [-0.25, -0.2) is 9.97 Å². The lowest BCUT2D eigenvalue weighted by Gasteiger charge is -2.13. The highest BCUT2D eigenvalue weighted by atomic mass is 79.9. The maximum absolute atomic E-state index is 12.8. The Balaban J connectivity index is 2.04. The lowest BCUT2D eigenvalue weighted by Crippen LogP contribution is -2.17. The van der Waals surface area contributed by atoms with Gasteiger partial charge in [0.2, 0.25) is 0 Å². The van der Waals surface area contributed by atoms with Crippen LogP contribution in [0.15, 0.2) is 33.4 Å². The molecule has 0 bridgehead atoms. The Bertz CT molecular complexity index is 954. The van der Waals surface area contributed by atoms with Crippen molar-refractivity contribution in [3.63, 3.8) is 0 Å². The van der Waals surface area contributed by atoms with E-state index in [-0.39, 0.29) is 11.3 Å². The van der Waals surface area contributed by atoms with Gasteiger partial charge in [0.15, 0.2) is 0 Å². The Kier molecular flexibility index (Phi) is 4.70. The molecule has 0 spiro atoms. The minimum atomic E-state index is -0.288. The second-order valence-electron chi connectivity index (χ2n) is 6.98. The summed E-state index contributed by atoms with van der Waals surface area (Å²) in [4.78, 5) is 21.3. The van der Waals surface area contributed by atoms with Crippen molar-refractivity contribution in [2.24, 2.45) is 0 Å². The summed E-state index contributed by atoms with van der Waals surface area (Å²) >= 11 is 3.41. The number of hydrogen-bond donors (Lipinski definition) is 1. The fraction of sp³-hybridized carbons (Fsp3) is 0.333. The van der Waals surface area contributed by atoms with E-state index < -0.39 is 0 Å². The van der Waals surface area contributed by atoms with Gasteiger partial charge in [-0.2, -0.15) is 9.78 Å².